The summed E-state index contributed by atoms with van der Waals surface area (Å²) in [4.78, 5) is 16.8. The first-order valence-electron chi connectivity index (χ1n) is 5.56. The largest absolute Gasteiger partial charge is 0.481 e. The molecule has 0 radical (unpaired) electrons. The van der Waals surface area contributed by atoms with Crippen LogP contribution in [0.5, 0.6) is 0 Å². The molecule has 1 fully saturated rings. The molecule has 1 aromatic rings. The average Bonchev–Trinajstić information content (AvgIpc) is 3.14. The molecule has 0 saturated heterocycles. The summed E-state index contributed by atoms with van der Waals surface area (Å²) >= 11 is 0. The number of hydrogen-bond acceptors (Lipinski definition) is 4. The summed E-state index contributed by atoms with van der Waals surface area (Å²) in [5.74, 6) is -0.219. The molecule has 1 aromatic heterocycles. The van der Waals surface area contributed by atoms with Gasteiger partial charge in [-0.05, 0) is 25.0 Å². The summed E-state index contributed by atoms with van der Waals surface area (Å²) in [5.41, 5.74) is 0.504. The van der Waals surface area contributed by atoms with Crippen molar-refractivity contribution in [2.75, 3.05) is 11.4 Å². The van der Waals surface area contributed by atoms with Gasteiger partial charge in [-0.15, -0.1) is 0 Å². The van der Waals surface area contributed by atoms with E-state index >= 15 is 0 Å². The molecule has 0 amide bonds. The Hall–Kier alpha value is -2.09. The van der Waals surface area contributed by atoms with E-state index in [-0.39, 0.29) is 6.42 Å². The zero-order valence-corrected chi connectivity index (χ0v) is 9.33. The Morgan fingerprint density at radius 2 is 2.41 bits per heavy atom. The lowest BCUT2D eigenvalue weighted by molar-refractivity contribution is -0.136. The third-order valence-corrected chi connectivity index (χ3v) is 2.73. The second-order valence-corrected chi connectivity index (χ2v) is 4.05. The molecule has 88 valence electrons. The van der Waals surface area contributed by atoms with Crippen LogP contribution in [0.2, 0.25) is 0 Å². The summed E-state index contributed by atoms with van der Waals surface area (Å²) in [5, 5.41) is 17.7. The van der Waals surface area contributed by atoms with Crippen LogP contribution in [0, 0.1) is 11.3 Å². The first-order valence-corrected chi connectivity index (χ1v) is 5.56. The summed E-state index contributed by atoms with van der Waals surface area (Å²) in [6.45, 7) is 0.408. The molecule has 2 rings (SSSR count). The lowest BCUT2D eigenvalue weighted by Crippen LogP contribution is -2.29. The number of carbonyl (C=O) groups is 1. The Balaban J connectivity index is 2.20. The highest BCUT2D eigenvalue weighted by molar-refractivity contribution is 5.68. The van der Waals surface area contributed by atoms with Crippen molar-refractivity contribution in [3.8, 4) is 6.07 Å². The summed E-state index contributed by atoms with van der Waals surface area (Å²) in [7, 11) is 0. The van der Waals surface area contributed by atoms with Crippen LogP contribution in [-0.2, 0) is 4.79 Å². The van der Waals surface area contributed by atoms with E-state index in [1.807, 2.05) is 4.90 Å². The molecular formula is C12H13N3O2. The number of pyridine rings is 1. The smallest absolute Gasteiger partial charge is 0.305 e. The molecule has 1 N–H and O–H groups in total. The third kappa shape index (κ3) is 2.72. The molecule has 0 aromatic carbocycles. The molecule has 0 bridgehead atoms. The first-order chi connectivity index (χ1) is 8.22. The quantitative estimate of drug-likeness (QED) is 0.828. The van der Waals surface area contributed by atoms with Crippen molar-refractivity contribution in [3.05, 3.63) is 23.9 Å². The van der Waals surface area contributed by atoms with Crippen LogP contribution in [0.1, 0.15) is 24.8 Å². The minimum absolute atomic E-state index is 0.0674. The van der Waals surface area contributed by atoms with Gasteiger partial charge in [-0.2, -0.15) is 5.26 Å². The lowest BCUT2D eigenvalue weighted by atomic mass is 10.2. The fourth-order valence-corrected chi connectivity index (χ4v) is 1.78. The van der Waals surface area contributed by atoms with Crippen molar-refractivity contribution in [1.29, 1.82) is 5.26 Å². The maximum atomic E-state index is 10.6. The monoisotopic (exact) mass is 231 g/mol. The van der Waals surface area contributed by atoms with Crippen molar-refractivity contribution < 1.29 is 9.90 Å². The van der Waals surface area contributed by atoms with Gasteiger partial charge >= 0.3 is 5.97 Å². The number of carboxylic acids is 1. The van der Waals surface area contributed by atoms with Gasteiger partial charge < -0.3 is 10.0 Å². The van der Waals surface area contributed by atoms with E-state index in [4.69, 9.17) is 10.4 Å². The van der Waals surface area contributed by atoms with Crippen molar-refractivity contribution in [1.82, 2.24) is 4.98 Å². The van der Waals surface area contributed by atoms with Crippen LogP contribution < -0.4 is 4.90 Å². The van der Waals surface area contributed by atoms with E-state index in [1.54, 1.807) is 18.3 Å². The molecular weight excluding hydrogens is 218 g/mol. The van der Waals surface area contributed by atoms with Crippen LogP contribution in [0.15, 0.2) is 18.3 Å². The zero-order valence-electron chi connectivity index (χ0n) is 9.33. The molecule has 17 heavy (non-hydrogen) atoms. The summed E-state index contributed by atoms with van der Waals surface area (Å²) in [6, 6.07) is 5.86. The topological polar surface area (TPSA) is 77.2 Å². The van der Waals surface area contributed by atoms with Gasteiger partial charge in [0.1, 0.15) is 11.9 Å². The first kappa shape index (κ1) is 11.4. The predicted molar refractivity (Wildman–Crippen MR) is 61.6 cm³/mol. The van der Waals surface area contributed by atoms with Crippen LogP contribution in [0.4, 0.5) is 5.82 Å². The number of nitrogens with zero attached hydrogens (tertiary/aromatic N) is 3. The minimum Gasteiger partial charge on any atom is -0.481 e. The Morgan fingerprint density at radius 1 is 1.65 bits per heavy atom. The van der Waals surface area contributed by atoms with E-state index < -0.39 is 5.97 Å². The Morgan fingerprint density at radius 3 is 3.00 bits per heavy atom. The number of carboxylic acid groups (broad SMARTS) is 1. The fourth-order valence-electron chi connectivity index (χ4n) is 1.78. The number of rotatable bonds is 5. The summed E-state index contributed by atoms with van der Waals surface area (Å²) in [6.07, 6.45) is 3.78. The van der Waals surface area contributed by atoms with Crippen molar-refractivity contribution in [3.63, 3.8) is 0 Å². The Labute approximate surface area is 99.3 Å². The Kier molecular flexibility index (Phi) is 3.24. The lowest BCUT2D eigenvalue weighted by Gasteiger charge is -2.23. The normalized spacial score (nSPS) is 14.1. The van der Waals surface area contributed by atoms with E-state index in [1.165, 1.54) is 0 Å². The number of hydrogen-bond donors (Lipinski definition) is 1. The highest BCUT2D eigenvalue weighted by atomic mass is 16.4. The van der Waals surface area contributed by atoms with Crippen LogP contribution in [-0.4, -0.2) is 28.6 Å². The second-order valence-electron chi connectivity index (χ2n) is 4.05. The van der Waals surface area contributed by atoms with E-state index in [2.05, 4.69) is 11.1 Å². The van der Waals surface area contributed by atoms with Crippen LogP contribution in [0.3, 0.4) is 0 Å². The van der Waals surface area contributed by atoms with Crippen LogP contribution >= 0.6 is 0 Å². The van der Waals surface area contributed by atoms with Crippen molar-refractivity contribution in [2.45, 2.75) is 25.3 Å². The van der Waals surface area contributed by atoms with E-state index in [9.17, 15) is 4.79 Å². The molecule has 1 aliphatic rings. The summed E-state index contributed by atoms with van der Waals surface area (Å²) < 4.78 is 0. The molecule has 0 atom stereocenters. The molecule has 0 aliphatic heterocycles. The molecule has 1 aliphatic carbocycles. The van der Waals surface area contributed by atoms with Gasteiger partial charge in [0.15, 0.2) is 0 Å². The molecule has 5 nitrogen and oxygen atoms in total. The van der Waals surface area contributed by atoms with Gasteiger partial charge in [-0.1, -0.05) is 0 Å². The maximum absolute atomic E-state index is 10.6. The van der Waals surface area contributed by atoms with Gasteiger partial charge in [-0.25, -0.2) is 4.98 Å². The highest BCUT2D eigenvalue weighted by Crippen LogP contribution is 2.32. The standard InChI is InChI=1S/C12H13N3O2/c13-8-9-2-1-6-14-12(9)15(10-3-4-10)7-5-11(16)17/h1-2,6,10H,3-5,7H2,(H,16,17). The number of nitriles is 1. The number of aromatic nitrogens is 1. The molecule has 5 heteroatoms. The Bertz CT molecular complexity index is 463. The average molecular weight is 231 g/mol. The maximum Gasteiger partial charge on any atom is 0.305 e. The van der Waals surface area contributed by atoms with Crippen molar-refractivity contribution in [2.24, 2.45) is 0 Å². The zero-order chi connectivity index (χ0) is 12.3. The van der Waals surface area contributed by atoms with Gasteiger partial charge in [-0.3, -0.25) is 4.79 Å². The molecule has 1 saturated carbocycles. The van der Waals surface area contributed by atoms with Crippen molar-refractivity contribution >= 4 is 11.8 Å². The van der Waals surface area contributed by atoms with E-state index in [0.717, 1.165) is 12.8 Å². The third-order valence-electron chi connectivity index (χ3n) is 2.73. The molecule has 1 heterocycles. The molecule has 0 spiro atoms. The highest BCUT2D eigenvalue weighted by Gasteiger charge is 2.31. The van der Waals surface area contributed by atoms with Gasteiger partial charge in [0.2, 0.25) is 0 Å². The number of aliphatic carboxylic acids is 1. The number of anilines is 1. The fraction of sp³-hybridized carbons (Fsp3) is 0.417. The van der Waals surface area contributed by atoms with Gasteiger partial charge in [0.25, 0.3) is 0 Å². The van der Waals surface area contributed by atoms with Gasteiger partial charge in [0.05, 0.1) is 12.0 Å². The SMILES string of the molecule is N#Cc1cccnc1N(CCC(=O)O)C1CC1. The minimum atomic E-state index is -0.829. The predicted octanol–water partition coefficient (Wildman–Crippen LogP) is 1.40. The van der Waals surface area contributed by atoms with Crippen LogP contribution in [0.25, 0.3) is 0 Å². The second kappa shape index (κ2) is 4.83. The molecule has 0 unspecified atom stereocenters. The van der Waals surface area contributed by atoms with Gasteiger partial charge in [0, 0.05) is 18.8 Å². The van der Waals surface area contributed by atoms with E-state index in [0.29, 0.717) is 24.0 Å².